The zero-order valence-electron chi connectivity index (χ0n) is 8.75. The molecule has 0 aromatic carbocycles. The van der Waals surface area contributed by atoms with Gasteiger partial charge >= 0.3 is 16.5 Å². The highest BCUT2D eigenvalue weighted by Crippen LogP contribution is 2.34. The normalized spacial score (nSPS) is 13.3. The number of unbranched alkanes of at least 4 members (excludes halogenated alkanes) is 2. The highest BCUT2D eigenvalue weighted by Gasteiger charge is 2.63. The molecule has 0 saturated carbocycles. The molecule has 0 nitrogen and oxygen atoms in total. The molecule has 0 atom stereocenters. The first-order chi connectivity index (χ1) is 6.37. The Morgan fingerprint density at radius 1 is 0.714 bits per heavy atom. The lowest BCUT2D eigenvalue weighted by Crippen LogP contribution is -2.50. The maximum atomic E-state index is 13.2. The number of halogens is 4. The summed E-state index contributed by atoms with van der Waals surface area (Å²) in [5.74, 6) is 0. The fourth-order valence-electron chi connectivity index (χ4n) is 1.16. The lowest BCUT2D eigenvalue weighted by atomic mass is 10.4. The Labute approximate surface area is 85.2 Å². The van der Waals surface area contributed by atoms with Crippen molar-refractivity contribution in [2.75, 3.05) is 0 Å². The molecule has 86 valence electrons. The molecule has 6 heteroatoms. The lowest BCUT2D eigenvalue weighted by molar-refractivity contribution is 0.536. The molecule has 0 N–H and O–H groups in total. The molecule has 0 aliphatic heterocycles. The summed E-state index contributed by atoms with van der Waals surface area (Å²) >= 11 is 0. The second kappa shape index (κ2) is 5.90. The Bertz CT molecular complexity index is 143. The van der Waals surface area contributed by atoms with Gasteiger partial charge in [0.2, 0.25) is 0 Å². The van der Waals surface area contributed by atoms with E-state index in [0.717, 1.165) is 0 Å². The zero-order valence-corrected chi connectivity index (χ0v) is 10.8. The first-order valence-corrected chi connectivity index (χ1v) is 10.1. The molecule has 14 heavy (non-hydrogen) atoms. The maximum absolute atomic E-state index is 13.2. The Balaban J connectivity index is 4.20. The van der Waals surface area contributed by atoms with E-state index in [1.165, 1.54) is 0 Å². The molecule has 0 aliphatic carbocycles. The van der Waals surface area contributed by atoms with E-state index in [-0.39, 0.29) is 12.8 Å². The van der Waals surface area contributed by atoms with Gasteiger partial charge in [-0.25, -0.2) is 0 Å². The maximum Gasteiger partial charge on any atom is 0.476 e. The summed E-state index contributed by atoms with van der Waals surface area (Å²) in [4.78, 5) is 0. The van der Waals surface area contributed by atoms with Crippen molar-refractivity contribution in [1.82, 2.24) is 0 Å². The van der Waals surface area contributed by atoms with Crippen molar-refractivity contribution in [2.45, 2.75) is 51.6 Å². The van der Waals surface area contributed by atoms with E-state index in [0.29, 0.717) is 12.8 Å². The molecule has 0 bridgehead atoms. The van der Waals surface area contributed by atoms with Crippen LogP contribution in [0.3, 0.4) is 0 Å². The monoisotopic (exact) mass is 246 g/mol. The van der Waals surface area contributed by atoms with Gasteiger partial charge in [-0.05, 0) is 0 Å². The standard InChI is InChI=1S/C8H18F4Si2/c1-3-5-7-13(9,10)14(11,12)8-6-4-2/h3-8H2,1-2H3. The van der Waals surface area contributed by atoms with Crippen molar-refractivity contribution in [3.8, 4) is 0 Å². The van der Waals surface area contributed by atoms with Crippen LogP contribution in [0.4, 0.5) is 16.4 Å². The third-order valence-electron chi connectivity index (χ3n) is 2.22. The van der Waals surface area contributed by atoms with E-state index in [1.54, 1.807) is 13.8 Å². The topological polar surface area (TPSA) is 0 Å². The van der Waals surface area contributed by atoms with E-state index in [9.17, 15) is 16.4 Å². The summed E-state index contributed by atoms with van der Waals surface area (Å²) in [6.07, 6.45) is 1.63. The van der Waals surface area contributed by atoms with Crippen LogP contribution in [0.2, 0.25) is 12.1 Å². The molecular weight excluding hydrogens is 228 g/mol. The second-order valence-corrected chi connectivity index (χ2v) is 11.8. The molecule has 0 amide bonds. The SMILES string of the molecule is CCCC[Si](F)(F)[Si](F)(F)CCCC. The van der Waals surface area contributed by atoms with E-state index in [4.69, 9.17) is 0 Å². The largest absolute Gasteiger partial charge is 0.476 e. The van der Waals surface area contributed by atoms with Crippen LogP contribution in [0.15, 0.2) is 0 Å². The van der Waals surface area contributed by atoms with Crippen LogP contribution >= 0.6 is 0 Å². The van der Waals surface area contributed by atoms with Crippen molar-refractivity contribution >= 4 is 16.5 Å². The molecule has 0 fully saturated rings. The number of hydrogen-bond acceptors (Lipinski definition) is 0. The summed E-state index contributed by atoms with van der Waals surface area (Å²) in [5, 5.41) is 0. The van der Waals surface area contributed by atoms with Crippen LogP contribution in [0, 0.1) is 0 Å². The highest BCUT2D eigenvalue weighted by molar-refractivity contribution is 7.31. The highest BCUT2D eigenvalue weighted by atomic mass is 29.3. The average Bonchev–Trinajstić information content (AvgIpc) is 2.11. The predicted octanol–water partition coefficient (Wildman–Crippen LogP) is 4.43. The van der Waals surface area contributed by atoms with Crippen molar-refractivity contribution in [1.29, 1.82) is 0 Å². The Morgan fingerprint density at radius 3 is 1.21 bits per heavy atom. The van der Waals surface area contributed by atoms with Crippen LogP contribution in [0.5, 0.6) is 0 Å². The van der Waals surface area contributed by atoms with Gasteiger partial charge in [-0.15, -0.1) is 0 Å². The molecule has 0 unspecified atom stereocenters. The van der Waals surface area contributed by atoms with Gasteiger partial charge in [-0.3, -0.25) is 16.4 Å². The van der Waals surface area contributed by atoms with Crippen molar-refractivity contribution in [2.24, 2.45) is 0 Å². The van der Waals surface area contributed by atoms with Crippen molar-refractivity contribution in [3.05, 3.63) is 0 Å². The zero-order chi connectivity index (χ0) is 11.2. The van der Waals surface area contributed by atoms with E-state index >= 15 is 0 Å². The molecule has 0 spiro atoms. The van der Waals surface area contributed by atoms with Gasteiger partial charge in [0.25, 0.3) is 0 Å². The first-order valence-electron chi connectivity index (χ1n) is 5.13. The smallest absolute Gasteiger partial charge is 0.268 e. The molecule has 0 heterocycles. The summed E-state index contributed by atoms with van der Waals surface area (Å²) in [7, 11) is -10.4. The minimum Gasteiger partial charge on any atom is -0.268 e. The average molecular weight is 246 g/mol. The Hall–Kier alpha value is 0.154. The van der Waals surface area contributed by atoms with Crippen molar-refractivity contribution < 1.29 is 16.4 Å². The summed E-state index contributed by atoms with van der Waals surface area (Å²) < 4.78 is 52.7. The number of hydrogen-bond donors (Lipinski definition) is 0. The fourth-order valence-corrected chi connectivity index (χ4v) is 6.75. The summed E-state index contributed by atoms with van der Waals surface area (Å²) in [6, 6.07) is -1.02. The van der Waals surface area contributed by atoms with Crippen LogP contribution in [0.25, 0.3) is 0 Å². The lowest BCUT2D eigenvalue weighted by Gasteiger charge is -2.20. The Morgan fingerprint density at radius 2 is 1.00 bits per heavy atom. The summed E-state index contributed by atoms with van der Waals surface area (Å²) in [6.45, 7) is 3.49. The van der Waals surface area contributed by atoms with Crippen LogP contribution in [-0.2, 0) is 0 Å². The van der Waals surface area contributed by atoms with Gasteiger partial charge in [-0.1, -0.05) is 39.5 Å². The second-order valence-electron chi connectivity index (χ2n) is 3.62. The van der Waals surface area contributed by atoms with E-state index < -0.39 is 28.6 Å². The molecular formula is C8H18F4Si2. The predicted molar refractivity (Wildman–Crippen MR) is 55.4 cm³/mol. The molecule has 0 saturated heterocycles. The molecule has 0 radical (unpaired) electrons. The molecule has 0 rings (SSSR count). The third-order valence-corrected chi connectivity index (χ3v) is 9.97. The van der Waals surface area contributed by atoms with Crippen LogP contribution in [0.1, 0.15) is 39.5 Å². The third kappa shape index (κ3) is 4.12. The van der Waals surface area contributed by atoms with Gasteiger partial charge < -0.3 is 0 Å². The van der Waals surface area contributed by atoms with Gasteiger partial charge in [0.05, 0.1) is 0 Å². The van der Waals surface area contributed by atoms with Crippen molar-refractivity contribution in [3.63, 3.8) is 0 Å². The first kappa shape index (κ1) is 14.2. The quantitative estimate of drug-likeness (QED) is 0.354. The van der Waals surface area contributed by atoms with Gasteiger partial charge in [-0.2, -0.15) is 0 Å². The van der Waals surface area contributed by atoms with Crippen LogP contribution in [-0.4, -0.2) is 16.5 Å². The minimum atomic E-state index is -5.18. The van der Waals surface area contributed by atoms with E-state index in [2.05, 4.69) is 0 Å². The Kier molecular flexibility index (Phi) is 5.96. The summed E-state index contributed by atoms with van der Waals surface area (Å²) in [5.41, 5.74) is 0. The molecule has 0 aromatic heterocycles. The van der Waals surface area contributed by atoms with E-state index in [1.807, 2.05) is 0 Å². The minimum absolute atomic E-state index is 0.244. The molecule has 0 aromatic rings. The van der Waals surface area contributed by atoms with Gasteiger partial charge in [0.1, 0.15) is 0 Å². The molecule has 0 aliphatic rings. The number of rotatable bonds is 7. The van der Waals surface area contributed by atoms with Gasteiger partial charge in [0.15, 0.2) is 0 Å². The fraction of sp³-hybridized carbons (Fsp3) is 1.00. The van der Waals surface area contributed by atoms with Crippen LogP contribution < -0.4 is 0 Å². The van der Waals surface area contributed by atoms with Gasteiger partial charge in [0, 0.05) is 12.1 Å².